The molecule has 0 spiro atoms. The normalized spacial score (nSPS) is 42.2. The van der Waals surface area contributed by atoms with E-state index in [1.165, 1.54) is 25.8 Å². The smallest absolute Gasteiger partial charge is 0.0695 e. The molecule has 2 aliphatic rings. The number of rotatable bonds is 4. The largest absolute Gasteiger partial charge is 0.391 e. The third kappa shape index (κ3) is 3.23. The van der Waals surface area contributed by atoms with Crippen LogP contribution in [0.1, 0.15) is 46.5 Å². The quantitative estimate of drug-likeness (QED) is 0.815. The zero-order chi connectivity index (χ0) is 12.6. The Morgan fingerprint density at radius 3 is 2.41 bits per heavy atom. The van der Waals surface area contributed by atoms with Crippen LogP contribution in [0.15, 0.2) is 0 Å². The van der Waals surface area contributed by atoms with Crippen LogP contribution in [-0.2, 0) is 0 Å². The van der Waals surface area contributed by atoms with Gasteiger partial charge in [0.1, 0.15) is 0 Å². The number of aliphatic hydroxyl groups excluding tert-OH is 1. The van der Waals surface area contributed by atoms with Crippen LogP contribution in [0.4, 0.5) is 0 Å². The Hall–Kier alpha value is -0.0800. The van der Waals surface area contributed by atoms with Crippen LogP contribution in [0.5, 0.6) is 0 Å². The van der Waals surface area contributed by atoms with Crippen LogP contribution in [0.25, 0.3) is 0 Å². The number of likely N-dealkylation sites (N-methyl/N-ethyl adjacent to an activating group) is 1. The SMILES string of the molecule is CC(C)C1CCC(O)C(N(C)CC2CC2C)C1. The van der Waals surface area contributed by atoms with Crippen molar-refractivity contribution in [3.63, 3.8) is 0 Å². The fraction of sp³-hybridized carbons (Fsp3) is 1.00. The van der Waals surface area contributed by atoms with Gasteiger partial charge in [0, 0.05) is 12.6 Å². The molecule has 0 aromatic heterocycles. The van der Waals surface area contributed by atoms with E-state index in [-0.39, 0.29) is 6.10 Å². The van der Waals surface area contributed by atoms with Crippen LogP contribution in [-0.4, -0.2) is 35.7 Å². The summed E-state index contributed by atoms with van der Waals surface area (Å²) < 4.78 is 0. The summed E-state index contributed by atoms with van der Waals surface area (Å²) >= 11 is 0. The third-order valence-electron chi connectivity index (χ3n) is 5.13. The van der Waals surface area contributed by atoms with Gasteiger partial charge in [0.05, 0.1) is 6.10 Å². The number of hydrogen-bond donors (Lipinski definition) is 1. The monoisotopic (exact) mass is 239 g/mol. The average Bonchev–Trinajstić information content (AvgIpc) is 2.94. The summed E-state index contributed by atoms with van der Waals surface area (Å²) in [5.74, 6) is 3.38. The van der Waals surface area contributed by atoms with Crippen molar-refractivity contribution in [2.24, 2.45) is 23.7 Å². The van der Waals surface area contributed by atoms with Gasteiger partial charge in [-0.3, -0.25) is 0 Å². The summed E-state index contributed by atoms with van der Waals surface area (Å²) in [7, 11) is 2.21. The highest BCUT2D eigenvalue weighted by Crippen LogP contribution is 2.40. The lowest BCUT2D eigenvalue weighted by Crippen LogP contribution is -2.47. The number of aliphatic hydroxyl groups is 1. The van der Waals surface area contributed by atoms with Crippen molar-refractivity contribution >= 4 is 0 Å². The van der Waals surface area contributed by atoms with Gasteiger partial charge in [-0.2, -0.15) is 0 Å². The van der Waals surface area contributed by atoms with Crippen molar-refractivity contribution in [2.45, 2.75) is 58.6 Å². The summed E-state index contributed by atoms with van der Waals surface area (Å²) in [5.41, 5.74) is 0. The Morgan fingerprint density at radius 1 is 1.24 bits per heavy atom. The lowest BCUT2D eigenvalue weighted by Gasteiger charge is -2.40. The molecule has 1 N–H and O–H groups in total. The lowest BCUT2D eigenvalue weighted by molar-refractivity contribution is 0.00422. The molecule has 17 heavy (non-hydrogen) atoms. The Labute approximate surface area is 106 Å². The highest BCUT2D eigenvalue weighted by atomic mass is 16.3. The van der Waals surface area contributed by atoms with E-state index in [0.717, 1.165) is 30.1 Å². The molecule has 0 aliphatic heterocycles. The summed E-state index contributed by atoms with van der Waals surface area (Å²) in [4.78, 5) is 2.44. The fourth-order valence-electron chi connectivity index (χ4n) is 3.40. The second kappa shape index (κ2) is 5.27. The van der Waals surface area contributed by atoms with E-state index in [0.29, 0.717) is 6.04 Å². The summed E-state index contributed by atoms with van der Waals surface area (Å²) in [6.07, 6.45) is 4.70. The molecule has 0 bridgehead atoms. The molecule has 2 heteroatoms. The van der Waals surface area contributed by atoms with Gasteiger partial charge in [0.2, 0.25) is 0 Å². The Balaban J connectivity index is 1.87. The van der Waals surface area contributed by atoms with E-state index in [1.807, 2.05) is 0 Å². The van der Waals surface area contributed by atoms with E-state index in [4.69, 9.17) is 0 Å². The highest BCUT2D eigenvalue weighted by Gasteiger charge is 2.38. The molecule has 0 aromatic carbocycles. The molecule has 5 atom stereocenters. The van der Waals surface area contributed by atoms with Crippen molar-refractivity contribution in [1.82, 2.24) is 4.90 Å². The predicted octanol–water partition coefficient (Wildman–Crippen LogP) is 2.76. The van der Waals surface area contributed by atoms with E-state index in [9.17, 15) is 5.11 Å². The first-order valence-electron chi connectivity index (χ1n) is 7.37. The first-order chi connectivity index (χ1) is 7.99. The van der Waals surface area contributed by atoms with Crippen molar-refractivity contribution in [1.29, 1.82) is 0 Å². The van der Waals surface area contributed by atoms with Crippen LogP contribution < -0.4 is 0 Å². The first kappa shape index (κ1) is 13.4. The standard InChI is InChI=1S/C15H29NO/c1-10(2)12-5-6-15(17)14(8-12)16(4)9-13-7-11(13)3/h10-15,17H,5-9H2,1-4H3. The molecule has 2 nitrogen and oxygen atoms in total. The molecule has 5 unspecified atom stereocenters. The lowest BCUT2D eigenvalue weighted by atomic mass is 9.77. The van der Waals surface area contributed by atoms with Gasteiger partial charge in [-0.05, 0) is 56.4 Å². The van der Waals surface area contributed by atoms with Gasteiger partial charge >= 0.3 is 0 Å². The van der Waals surface area contributed by atoms with Crippen LogP contribution in [0.2, 0.25) is 0 Å². The van der Waals surface area contributed by atoms with Crippen molar-refractivity contribution in [3.05, 3.63) is 0 Å². The fourth-order valence-corrected chi connectivity index (χ4v) is 3.40. The topological polar surface area (TPSA) is 23.5 Å². The second-order valence-electron chi connectivity index (χ2n) is 6.86. The predicted molar refractivity (Wildman–Crippen MR) is 71.9 cm³/mol. The zero-order valence-electron chi connectivity index (χ0n) is 11.9. The minimum Gasteiger partial charge on any atom is -0.391 e. The van der Waals surface area contributed by atoms with E-state index >= 15 is 0 Å². The van der Waals surface area contributed by atoms with E-state index < -0.39 is 0 Å². The molecule has 2 fully saturated rings. The van der Waals surface area contributed by atoms with E-state index in [1.54, 1.807) is 0 Å². The maximum atomic E-state index is 10.2. The Bertz CT molecular complexity index is 253. The number of hydrogen-bond acceptors (Lipinski definition) is 2. The molecule has 2 aliphatic carbocycles. The van der Waals surface area contributed by atoms with Gasteiger partial charge in [-0.25, -0.2) is 0 Å². The Kier molecular flexibility index (Phi) is 4.14. The molecule has 0 radical (unpaired) electrons. The Morgan fingerprint density at radius 2 is 1.88 bits per heavy atom. The first-order valence-corrected chi connectivity index (χ1v) is 7.37. The molecular weight excluding hydrogens is 210 g/mol. The highest BCUT2D eigenvalue weighted by molar-refractivity contribution is 4.91. The average molecular weight is 239 g/mol. The van der Waals surface area contributed by atoms with Gasteiger partial charge in [-0.1, -0.05) is 20.8 Å². The molecule has 2 rings (SSSR count). The van der Waals surface area contributed by atoms with Crippen LogP contribution in [0.3, 0.4) is 0 Å². The van der Waals surface area contributed by atoms with Gasteiger partial charge in [0.15, 0.2) is 0 Å². The maximum absolute atomic E-state index is 10.2. The van der Waals surface area contributed by atoms with Crippen LogP contribution >= 0.6 is 0 Å². The zero-order valence-corrected chi connectivity index (χ0v) is 11.9. The van der Waals surface area contributed by atoms with E-state index in [2.05, 4.69) is 32.7 Å². The summed E-state index contributed by atoms with van der Waals surface area (Å²) in [6, 6.07) is 0.406. The molecule has 2 saturated carbocycles. The molecule has 0 saturated heterocycles. The molecule has 0 heterocycles. The third-order valence-corrected chi connectivity index (χ3v) is 5.13. The van der Waals surface area contributed by atoms with Gasteiger partial charge in [-0.15, -0.1) is 0 Å². The molecule has 0 amide bonds. The minimum absolute atomic E-state index is 0.0935. The van der Waals surface area contributed by atoms with Crippen LogP contribution in [0, 0.1) is 23.7 Å². The number of nitrogens with zero attached hydrogens (tertiary/aromatic N) is 1. The maximum Gasteiger partial charge on any atom is 0.0695 e. The van der Waals surface area contributed by atoms with Crippen molar-refractivity contribution < 1.29 is 5.11 Å². The minimum atomic E-state index is -0.0935. The van der Waals surface area contributed by atoms with Gasteiger partial charge < -0.3 is 10.0 Å². The van der Waals surface area contributed by atoms with Crippen molar-refractivity contribution in [3.8, 4) is 0 Å². The van der Waals surface area contributed by atoms with Crippen molar-refractivity contribution in [2.75, 3.05) is 13.6 Å². The molecule has 100 valence electrons. The molecular formula is C15H29NO. The second-order valence-corrected chi connectivity index (χ2v) is 6.86. The molecule has 0 aromatic rings. The van der Waals surface area contributed by atoms with Gasteiger partial charge in [0.25, 0.3) is 0 Å². The summed E-state index contributed by atoms with van der Waals surface area (Å²) in [5, 5.41) is 10.2. The summed E-state index contributed by atoms with van der Waals surface area (Å²) in [6.45, 7) is 8.17.